The van der Waals surface area contributed by atoms with Gasteiger partial charge in [0.25, 0.3) is 0 Å². The smallest absolute Gasteiger partial charge is 0.303 e. The van der Waals surface area contributed by atoms with E-state index < -0.39 is 0 Å². The lowest BCUT2D eigenvalue weighted by Gasteiger charge is -2.60. The minimum atomic E-state index is -0.147. The molecular weight excluding hydrogens is 488 g/mol. The summed E-state index contributed by atoms with van der Waals surface area (Å²) >= 11 is 0. The Balaban J connectivity index is 1.35. The van der Waals surface area contributed by atoms with E-state index in [1.165, 1.54) is 70.6 Å². The van der Waals surface area contributed by atoms with Gasteiger partial charge in [-0.15, -0.1) is 0 Å². The van der Waals surface area contributed by atoms with Gasteiger partial charge in [0.2, 0.25) is 0 Å². The number of carbonyl (C=O) groups is 2. The van der Waals surface area contributed by atoms with Crippen molar-refractivity contribution in [3.63, 3.8) is 0 Å². The number of hydrogen-bond donors (Lipinski definition) is 0. The third kappa shape index (κ3) is 4.58. The highest BCUT2D eigenvalue weighted by Crippen LogP contribution is 2.69. The molecule has 0 amide bonds. The average Bonchev–Trinajstić information content (AvgIpc) is 3.18. The Morgan fingerprint density at radius 3 is 1.87 bits per heavy atom. The SMILES string of the molecule is CC(=O)OC1CC[C@@]2(C)C(CC[C@@H]3[C@H]2CC[C@]2(C)C(OC(C)=O)C(N4CCCCC4)(N4CCCCC4)C[C@@H]32)C1. The predicted octanol–water partition coefficient (Wildman–Crippen LogP) is 6.17. The van der Waals surface area contributed by atoms with Crippen LogP contribution in [0.2, 0.25) is 0 Å². The Labute approximate surface area is 236 Å². The zero-order chi connectivity index (χ0) is 27.4. The summed E-state index contributed by atoms with van der Waals surface area (Å²) < 4.78 is 12.3. The van der Waals surface area contributed by atoms with Gasteiger partial charge in [0.15, 0.2) is 0 Å². The molecule has 0 radical (unpaired) electrons. The number of likely N-dealkylation sites (tertiary alicyclic amines) is 2. The molecule has 4 saturated carbocycles. The topological polar surface area (TPSA) is 59.1 Å². The normalized spacial score (nSPS) is 44.5. The van der Waals surface area contributed by atoms with E-state index >= 15 is 0 Å². The summed E-state index contributed by atoms with van der Waals surface area (Å²) in [5.41, 5.74) is 0.213. The highest BCUT2D eigenvalue weighted by molar-refractivity contribution is 5.66. The molecule has 6 aliphatic rings. The second-order valence-corrected chi connectivity index (χ2v) is 14.9. The third-order valence-corrected chi connectivity index (χ3v) is 13.0. The predicted molar refractivity (Wildman–Crippen MR) is 152 cm³/mol. The summed E-state index contributed by atoms with van der Waals surface area (Å²) in [5.74, 6) is 2.45. The molecule has 3 unspecified atom stereocenters. The maximum Gasteiger partial charge on any atom is 0.303 e. The second-order valence-electron chi connectivity index (χ2n) is 14.9. The minimum Gasteiger partial charge on any atom is -0.463 e. The van der Waals surface area contributed by atoms with E-state index in [4.69, 9.17) is 9.47 Å². The Morgan fingerprint density at radius 1 is 0.692 bits per heavy atom. The number of rotatable bonds is 4. The zero-order valence-electron chi connectivity index (χ0n) is 25.2. The molecule has 6 rings (SSSR count). The van der Waals surface area contributed by atoms with Crippen molar-refractivity contribution >= 4 is 11.9 Å². The molecular formula is C33H54N2O4. The van der Waals surface area contributed by atoms with Crippen LogP contribution in [0.25, 0.3) is 0 Å². The highest BCUT2D eigenvalue weighted by atomic mass is 16.5. The molecule has 39 heavy (non-hydrogen) atoms. The van der Waals surface area contributed by atoms with E-state index in [0.717, 1.165) is 51.4 Å². The summed E-state index contributed by atoms with van der Waals surface area (Å²) in [7, 11) is 0. The molecule has 6 heteroatoms. The van der Waals surface area contributed by atoms with Gasteiger partial charge in [-0.2, -0.15) is 0 Å². The molecule has 2 aliphatic heterocycles. The van der Waals surface area contributed by atoms with E-state index in [-0.39, 0.29) is 35.2 Å². The monoisotopic (exact) mass is 542 g/mol. The molecule has 2 heterocycles. The standard InChI is InChI=1S/C33H54N2O4/c1-23(36)38-26-13-15-31(3)25(21-26)11-12-27-28(31)14-16-32(4)29(27)22-33(30(32)39-24(2)37,34-17-7-5-8-18-34)35-19-9-6-10-20-35/h25-30H,5-22H2,1-4H3/t25?,26?,27-,28-,29+,30?,31+,32+/m1/s1. The molecule has 0 spiro atoms. The lowest BCUT2D eigenvalue weighted by molar-refractivity contribution is -0.193. The summed E-state index contributed by atoms with van der Waals surface area (Å²) in [4.78, 5) is 30.1. The average molecular weight is 543 g/mol. The van der Waals surface area contributed by atoms with Gasteiger partial charge >= 0.3 is 11.9 Å². The summed E-state index contributed by atoms with van der Waals surface area (Å²) in [6.07, 6.45) is 17.1. The van der Waals surface area contributed by atoms with Crippen LogP contribution in [-0.4, -0.2) is 65.8 Å². The summed E-state index contributed by atoms with van der Waals surface area (Å²) in [5, 5.41) is 0. The third-order valence-electron chi connectivity index (χ3n) is 13.0. The van der Waals surface area contributed by atoms with Gasteiger partial charge in [-0.1, -0.05) is 26.7 Å². The number of fused-ring (bicyclic) bond motifs is 5. The van der Waals surface area contributed by atoms with Gasteiger partial charge < -0.3 is 9.47 Å². The summed E-state index contributed by atoms with van der Waals surface area (Å²) in [6.45, 7) is 12.9. The summed E-state index contributed by atoms with van der Waals surface area (Å²) in [6, 6.07) is 0. The van der Waals surface area contributed by atoms with Crippen LogP contribution < -0.4 is 0 Å². The van der Waals surface area contributed by atoms with E-state index in [0.29, 0.717) is 23.2 Å². The Bertz CT molecular complexity index is 909. The van der Waals surface area contributed by atoms with E-state index in [1.807, 2.05) is 0 Å². The van der Waals surface area contributed by atoms with Crippen LogP contribution in [0.3, 0.4) is 0 Å². The molecule has 6 nitrogen and oxygen atoms in total. The first kappa shape index (κ1) is 28.0. The van der Waals surface area contributed by atoms with Gasteiger partial charge in [-0.25, -0.2) is 0 Å². The molecule has 8 atom stereocenters. The molecule has 6 fully saturated rings. The fraction of sp³-hybridized carbons (Fsp3) is 0.939. The number of ether oxygens (including phenoxy) is 2. The molecule has 0 aromatic rings. The largest absolute Gasteiger partial charge is 0.463 e. The van der Waals surface area contributed by atoms with Crippen LogP contribution in [0, 0.1) is 34.5 Å². The van der Waals surface area contributed by atoms with E-state index in [2.05, 4.69) is 23.6 Å². The van der Waals surface area contributed by atoms with Crippen molar-refractivity contribution in [1.29, 1.82) is 0 Å². The molecule has 0 aromatic carbocycles. The molecule has 0 N–H and O–H groups in total. The van der Waals surface area contributed by atoms with Crippen molar-refractivity contribution in [2.24, 2.45) is 34.5 Å². The van der Waals surface area contributed by atoms with Gasteiger partial charge in [0.1, 0.15) is 17.9 Å². The molecule has 2 saturated heterocycles. The van der Waals surface area contributed by atoms with Crippen molar-refractivity contribution in [2.45, 2.75) is 135 Å². The van der Waals surface area contributed by atoms with Crippen molar-refractivity contribution in [3.8, 4) is 0 Å². The van der Waals surface area contributed by atoms with Crippen molar-refractivity contribution < 1.29 is 19.1 Å². The Hall–Kier alpha value is -1.14. The van der Waals surface area contributed by atoms with Crippen LogP contribution in [0.1, 0.15) is 118 Å². The fourth-order valence-corrected chi connectivity index (χ4v) is 11.3. The highest BCUT2D eigenvalue weighted by Gasteiger charge is 2.70. The maximum absolute atomic E-state index is 12.8. The number of piperidine rings is 2. The van der Waals surface area contributed by atoms with Gasteiger partial charge in [-0.05, 0) is 106 Å². The molecule has 0 bridgehead atoms. The van der Waals surface area contributed by atoms with Gasteiger partial charge in [0.05, 0.1) is 0 Å². The first-order valence-corrected chi connectivity index (χ1v) is 16.5. The zero-order valence-corrected chi connectivity index (χ0v) is 25.2. The van der Waals surface area contributed by atoms with Crippen molar-refractivity contribution in [3.05, 3.63) is 0 Å². The number of carbonyl (C=O) groups excluding carboxylic acids is 2. The molecule has 0 aromatic heterocycles. The van der Waals surface area contributed by atoms with Crippen LogP contribution in [-0.2, 0) is 19.1 Å². The quantitative estimate of drug-likeness (QED) is 0.396. The minimum absolute atomic E-state index is 0.0276. The first-order valence-electron chi connectivity index (χ1n) is 16.5. The van der Waals surface area contributed by atoms with Gasteiger partial charge in [0, 0.05) is 45.4 Å². The molecule has 220 valence electrons. The van der Waals surface area contributed by atoms with Crippen molar-refractivity contribution in [2.75, 3.05) is 26.2 Å². The second kappa shape index (κ2) is 10.6. The lowest BCUT2D eigenvalue weighted by Crippen LogP contribution is -2.69. The fourth-order valence-electron chi connectivity index (χ4n) is 11.3. The maximum atomic E-state index is 12.8. The van der Waals surface area contributed by atoms with E-state index in [9.17, 15) is 9.59 Å². The lowest BCUT2D eigenvalue weighted by atomic mass is 9.45. The first-order chi connectivity index (χ1) is 18.7. The number of nitrogens with zero attached hydrogens (tertiary/aromatic N) is 2. The Morgan fingerprint density at radius 2 is 1.28 bits per heavy atom. The molecule has 4 aliphatic carbocycles. The Kier molecular flexibility index (Phi) is 7.61. The van der Waals surface area contributed by atoms with Crippen LogP contribution in [0.15, 0.2) is 0 Å². The van der Waals surface area contributed by atoms with Crippen LogP contribution in [0.5, 0.6) is 0 Å². The van der Waals surface area contributed by atoms with E-state index in [1.54, 1.807) is 13.8 Å². The van der Waals surface area contributed by atoms with Crippen molar-refractivity contribution in [1.82, 2.24) is 9.80 Å². The van der Waals surface area contributed by atoms with Crippen LogP contribution >= 0.6 is 0 Å². The van der Waals surface area contributed by atoms with Gasteiger partial charge in [-0.3, -0.25) is 19.4 Å². The van der Waals surface area contributed by atoms with Crippen LogP contribution in [0.4, 0.5) is 0 Å². The number of esters is 2. The number of hydrogen-bond acceptors (Lipinski definition) is 6.